The van der Waals surface area contributed by atoms with Crippen molar-refractivity contribution < 1.29 is 9.18 Å². The molecule has 2 fully saturated rings. The largest absolute Gasteiger partial charge is 0.345 e. The fourth-order valence-corrected chi connectivity index (χ4v) is 3.43. The molecule has 1 heterocycles. The van der Waals surface area contributed by atoms with Crippen LogP contribution in [0.3, 0.4) is 0 Å². The van der Waals surface area contributed by atoms with Crippen LogP contribution in [0.1, 0.15) is 36.8 Å². The summed E-state index contributed by atoms with van der Waals surface area (Å²) in [5.74, 6) is 0.831. The second-order valence-corrected chi connectivity index (χ2v) is 7.13. The summed E-state index contributed by atoms with van der Waals surface area (Å²) in [7, 11) is 1.92. The van der Waals surface area contributed by atoms with Crippen LogP contribution in [-0.4, -0.2) is 42.4 Å². The minimum absolute atomic E-state index is 0.287. The highest BCUT2D eigenvalue weighted by Gasteiger charge is 2.33. The third-order valence-electron chi connectivity index (χ3n) is 5.12. The van der Waals surface area contributed by atoms with Crippen LogP contribution in [0.2, 0.25) is 0 Å². The maximum absolute atomic E-state index is 14.0. The number of nitrogens with zero attached hydrogens (tertiary/aromatic N) is 3. The monoisotopic (exact) mass is 329 g/mol. The Hall–Kier alpha value is -1.93. The van der Waals surface area contributed by atoms with E-state index in [0.29, 0.717) is 29.5 Å². The summed E-state index contributed by atoms with van der Waals surface area (Å²) < 4.78 is 14.0. The quantitative estimate of drug-likeness (QED) is 0.834. The van der Waals surface area contributed by atoms with E-state index in [4.69, 9.17) is 5.26 Å². The number of carbonyl (C=O) groups excluding carboxylic acids is 1. The SMILES string of the molecule is CN(CC1CCN(Cc2ccc(C#N)cc2F)CC1)C(=O)C1CC1. The van der Waals surface area contributed by atoms with Crippen molar-refractivity contribution in [3.8, 4) is 6.07 Å². The highest BCUT2D eigenvalue weighted by atomic mass is 19.1. The van der Waals surface area contributed by atoms with Gasteiger partial charge < -0.3 is 4.90 Å². The average molecular weight is 329 g/mol. The first kappa shape index (κ1) is 16.9. The van der Waals surface area contributed by atoms with E-state index in [-0.39, 0.29) is 11.7 Å². The highest BCUT2D eigenvalue weighted by Crippen LogP contribution is 2.31. The topological polar surface area (TPSA) is 47.3 Å². The molecule has 2 aliphatic rings. The Morgan fingerprint density at radius 2 is 2.04 bits per heavy atom. The predicted octanol–water partition coefficient (Wildman–Crippen LogP) is 2.78. The summed E-state index contributed by atoms with van der Waals surface area (Å²) in [6.45, 7) is 3.28. The van der Waals surface area contributed by atoms with Crippen molar-refractivity contribution in [2.24, 2.45) is 11.8 Å². The third kappa shape index (κ3) is 4.12. The van der Waals surface area contributed by atoms with Gasteiger partial charge in [-0.1, -0.05) is 6.07 Å². The zero-order valence-corrected chi connectivity index (χ0v) is 14.2. The van der Waals surface area contributed by atoms with Gasteiger partial charge >= 0.3 is 0 Å². The molecule has 128 valence electrons. The average Bonchev–Trinajstić information content (AvgIpc) is 3.42. The smallest absolute Gasteiger partial charge is 0.225 e. The van der Waals surface area contributed by atoms with Crippen molar-refractivity contribution in [3.05, 3.63) is 35.1 Å². The van der Waals surface area contributed by atoms with E-state index in [9.17, 15) is 9.18 Å². The molecule has 1 aromatic carbocycles. The number of carbonyl (C=O) groups is 1. The van der Waals surface area contributed by atoms with Crippen molar-refractivity contribution in [1.82, 2.24) is 9.80 Å². The van der Waals surface area contributed by atoms with E-state index < -0.39 is 0 Å². The van der Waals surface area contributed by atoms with E-state index >= 15 is 0 Å². The zero-order chi connectivity index (χ0) is 17.1. The standard InChI is InChI=1S/C19H24FN3O/c1-22(19(24)16-4-5-16)12-14-6-8-23(9-7-14)13-17-3-2-15(11-21)10-18(17)20/h2-3,10,14,16H,4-9,12-13H2,1H3. The van der Waals surface area contributed by atoms with Gasteiger partial charge in [0.2, 0.25) is 5.91 Å². The Labute approximate surface area is 142 Å². The van der Waals surface area contributed by atoms with Gasteiger partial charge in [-0.2, -0.15) is 5.26 Å². The van der Waals surface area contributed by atoms with Gasteiger partial charge in [0.1, 0.15) is 5.82 Å². The van der Waals surface area contributed by atoms with E-state index in [0.717, 1.165) is 45.3 Å². The third-order valence-corrected chi connectivity index (χ3v) is 5.12. The summed E-state index contributed by atoms with van der Waals surface area (Å²) in [5.41, 5.74) is 1.01. The molecule has 1 aliphatic heterocycles. The van der Waals surface area contributed by atoms with E-state index in [1.54, 1.807) is 12.1 Å². The molecule has 1 saturated carbocycles. The highest BCUT2D eigenvalue weighted by molar-refractivity contribution is 5.80. The summed E-state index contributed by atoms with van der Waals surface area (Å²) in [4.78, 5) is 16.2. The number of amides is 1. The van der Waals surface area contributed by atoms with Gasteiger partial charge in [0.15, 0.2) is 0 Å². The lowest BCUT2D eigenvalue weighted by molar-refractivity contribution is -0.132. The van der Waals surface area contributed by atoms with Crippen LogP contribution in [0.5, 0.6) is 0 Å². The van der Waals surface area contributed by atoms with Crippen molar-refractivity contribution in [2.75, 3.05) is 26.7 Å². The number of hydrogen-bond donors (Lipinski definition) is 0. The maximum atomic E-state index is 14.0. The fraction of sp³-hybridized carbons (Fsp3) is 0.579. The van der Waals surface area contributed by atoms with Crippen LogP contribution in [0.25, 0.3) is 0 Å². The molecular formula is C19H24FN3O. The number of likely N-dealkylation sites (tertiary alicyclic amines) is 1. The Morgan fingerprint density at radius 3 is 2.62 bits per heavy atom. The first-order chi connectivity index (χ1) is 11.6. The lowest BCUT2D eigenvalue weighted by atomic mass is 9.95. The van der Waals surface area contributed by atoms with Crippen molar-refractivity contribution >= 4 is 5.91 Å². The molecular weight excluding hydrogens is 305 g/mol. The molecule has 0 aromatic heterocycles. The first-order valence-electron chi connectivity index (χ1n) is 8.72. The van der Waals surface area contributed by atoms with Crippen LogP contribution in [-0.2, 0) is 11.3 Å². The minimum atomic E-state index is -0.300. The Morgan fingerprint density at radius 1 is 1.33 bits per heavy atom. The molecule has 1 aromatic rings. The van der Waals surface area contributed by atoms with Crippen molar-refractivity contribution in [1.29, 1.82) is 5.26 Å². The summed E-state index contributed by atoms with van der Waals surface area (Å²) >= 11 is 0. The molecule has 0 N–H and O–H groups in total. The second kappa shape index (κ2) is 7.31. The summed E-state index contributed by atoms with van der Waals surface area (Å²) in [6, 6.07) is 6.64. The second-order valence-electron chi connectivity index (χ2n) is 7.13. The minimum Gasteiger partial charge on any atom is -0.345 e. The fourth-order valence-electron chi connectivity index (χ4n) is 3.43. The van der Waals surface area contributed by atoms with E-state index in [1.807, 2.05) is 18.0 Å². The summed E-state index contributed by atoms with van der Waals surface area (Å²) in [6.07, 6.45) is 4.19. The van der Waals surface area contributed by atoms with Crippen LogP contribution < -0.4 is 0 Å². The molecule has 4 nitrogen and oxygen atoms in total. The van der Waals surface area contributed by atoms with Crippen LogP contribution >= 0.6 is 0 Å². The lowest BCUT2D eigenvalue weighted by Crippen LogP contribution is -2.39. The molecule has 0 radical (unpaired) electrons. The van der Waals surface area contributed by atoms with Gasteiger partial charge in [-0.3, -0.25) is 9.69 Å². The Kier molecular flexibility index (Phi) is 5.15. The Bertz CT molecular complexity index is 643. The van der Waals surface area contributed by atoms with Crippen molar-refractivity contribution in [2.45, 2.75) is 32.2 Å². The van der Waals surface area contributed by atoms with E-state index in [2.05, 4.69) is 4.90 Å². The van der Waals surface area contributed by atoms with Gasteiger partial charge in [-0.15, -0.1) is 0 Å². The predicted molar refractivity (Wildman–Crippen MR) is 89.5 cm³/mol. The molecule has 0 spiro atoms. The molecule has 5 heteroatoms. The lowest BCUT2D eigenvalue weighted by Gasteiger charge is -2.34. The number of benzene rings is 1. The van der Waals surface area contributed by atoms with Gasteiger partial charge in [0, 0.05) is 31.6 Å². The molecule has 1 amide bonds. The van der Waals surface area contributed by atoms with Gasteiger partial charge in [-0.25, -0.2) is 4.39 Å². The van der Waals surface area contributed by atoms with Gasteiger partial charge in [0.05, 0.1) is 11.6 Å². The summed E-state index contributed by atoms with van der Waals surface area (Å²) in [5, 5.41) is 8.80. The van der Waals surface area contributed by atoms with Gasteiger partial charge in [-0.05, 0) is 56.8 Å². The van der Waals surface area contributed by atoms with Crippen LogP contribution in [0.15, 0.2) is 18.2 Å². The molecule has 0 atom stereocenters. The number of piperidine rings is 1. The van der Waals surface area contributed by atoms with Crippen molar-refractivity contribution in [3.63, 3.8) is 0 Å². The number of nitriles is 1. The molecule has 3 rings (SSSR count). The molecule has 1 aliphatic carbocycles. The number of halogens is 1. The zero-order valence-electron chi connectivity index (χ0n) is 14.2. The van der Waals surface area contributed by atoms with Gasteiger partial charge in [0.25, 0.3) is 0 Å². The van der Waals surface area contributed by atoms with Crippen LogP contribution in [0.4, 0.5) is 4.39 Å². The molecule has 0 unspecified atom stereocenters. The molecule has 1 saturated heterocycles. The normalized spacial score (nSPS) is 19.0. The number of hydrogen-bond acceptors (Lipinski definition) is 3. The Balaban J connectivity index is 1.46. The maximum Gasteiger partial charge on any atom is 0.225 e. The molecule has 0 bridgehead atoms. The van der Waals surface area contributed by atoms with E-state index in [1.165, 1.54) is 6.07 Å². The number of rotatable bonds is 5. The van der Waals surface area contributed by atoms with Crippen LogP contribution in [0, 0.1) is 29.0 Å². The molecule has 24 heavy (non-hydrogen) atoms. The first-order valence-corrected chi connectivity index (χ1v) is 8.72.